The van der Waals surface area contributed by atoms with Crippen molar-refractivity contribution in [3.8, 4) is 11.5 Å². The largest absolute Gasteiger partial charge is 0.493 e. The van der Waals surface area contributed by atoms with Gasteiger partial charge >= 0.3 is 0 Å². The van der Waals surface area contributed by atoms with E-state index in [0.29, 0.717) is 33.6 Å². The minimum Gasteiger partial charge on any atom is -0.493 e. The van der Waals surface area contributed by atoms with Crippen LogP contribution in [0.1, 0.15) is 5.69 Å². The summed E-state index contributed by atoms with van der Waals surface area (Å²) in [4.78, 5) is 29.1. The van der Waals surface area contributed by atoms with Crippen molar-refractivity contribution in [2.75, 3.05) is 25.3 Å². The van der Waals surface area contributed by atoms with Crippen LogP contribution in [0, 0.1) is 0 Å². The summed E-state index contributed by atoms with van der Waals surface area (Å²) in [6.45, 7) is 0. The van der Waals surface area contributed by atoms with E-state index < -0.39 is 0 Å². The number of nitrogens with zero attached hydrogens (tertiary/aromatic N) is 2. The van der Waals surface area contributed by atoms with Crippen molar-refractivity contribution in [1.82, 2.24) is 9.38 Å². The summed E-state index contributed by atoms with van der Waals surface area (Å²) in [5.41, 5.74) is 1.19. The molecule has 0 fully saturated rings. The first-order valence-corrected chi connectivity index (χ1v) is 9.69. The zero-order chi connectivity index (χ0) is 18.5. The first-order valence-electron chi connectivity index (χ1n) is 7.66. The molecule has 0 saturated heterocycles. The third kappa shape index (κ3) is 4.17. The fourth-order valence-electron chi connectivity index (χ4n) is 2.32. The Morgan fingerprint density at radius 1 is 1.27 bits per heavy atom. The van der Waals surface area contributed by atoms with Crippen molar-refractivity contribution < 1.29 is 14.3 Å². The fraction of sp³-hybridized carbons (Fsp3) is 0.235. The Hall–Kier alpha value is -2.52. The fourth-order valence-corrected chi connectivity index (χ4v) is 3.78. The highest BCUT2D eigenvalue weighted by molar-refractivity contribution is 7.99. The standard InChI is InChI=1S/C17H17N3O4S2/c1-23-13-4-3-11(7-14(13)24-2)18-15(21)10-25-9-12-8-16(22)20-5-6-26-17(20)19-12/h3-8H,9-10H2,1-2H3,(H,18,21). The van der Waals surface area contributed by atoms with E-state index >= 15 is 0 Å². The van der Waals surface area contributed by atoms with Gasteiger partial charge in [0.05, 0.1) is 25.7 Å². The van der Waals surface area contributed by atoms with Crippen molar-refractivity contribution in [1.29, 1.82) is 0 Å². The van der Waals surface area contributed by atoms with Crippen LogP contribution in [-0.4, -0.2) is 35.3 Å². The number of benzene rings is 1. The summed E-state index contributed by atoms with van der Waals surface area (Å²) < 4.78 is 11.9. The lowest BCUT2D eigenvalue weighted by molar-refractivity contribution is -0.113. The lowest BCUT2D eigenvalue weighted by Crippen LogP contribution is -2.15. The second-order valence-electron chi connectivity index (χ2n) is 5.25. The first kappa shape index (κ1) is 18.3. The third-order valence-corrected chi connectivity index (χ3v) is 5.23. The van der Waals surface area contributed by atoms with Crippen LogP contribution >= 0.6 is 23.1 Å². The Bertz CT molecular complexity index is 984. The van der Waals surface area contributed by atoms with E-state index in [4.69, 9.17) is 9.47 Å². The molecule has 9 heteroatoms. The van der Waals surface area contributed by atoms with Crippen molar-refractivity contribution in [2.45, 2.75) is 5.75 Å². The van der Waals surface area contributed by atoms with Crippen LogP contribution < -0.4 is 20.3 Å². The molecule has 0 spiro atoms. The molecule has 1 aromatic carbocycles. The van der Waals surface area contributed by atoms with E-state index in [9.17, 15) is 9.59 Å². The number of carbonyl (C=O) groups is 1. The number of fused-ring (bicyclic) bond motifs is 1. The number of methoxy groups -OCH3 is 2. The maximum Gasteiger partial charge on any atom is 0.258 e. The number of ether oxygens (including phenoxy) is 2. The predicted octanol–water partition coefficient (Wildman–Crippen LogP) is 2.65. The molecular weight excluding hydrogens is 374 g/mol. The van der Waals surface area contributed by atoms with E-state index in [1.54, 1.807) is 38.6 Å². The second kappa shape index (κ2) is 8.24. The van der Waals surface area contributed by atoms with Gasteiger partial charge in [0.25, 0.3) is 5.56 Å². The Labute approximate surface area is 158 Å². The predicted molar refractivity (Wildman–Crippen MR) is 104 cm³/mol. The molecule has 3 aromatic rings. The summed E-state index contributed by atoms with van der Waals surface area (Å²) in [5, 5.41) is 4.63. The summed E-state index contributed by atoms with van der Waals surface area (Å²) in [7, 11) is 3.10. The van der Waals surface area contributed by atoms with Crippen molar-refractivity contribution in [2.24, 2.45) is 0 Å². The maximum atomic E-state index is 12.1. The molecule has 0 atom stereocenters. The minimum absolute atomic E-state index is 0.110. The molecule has 2 heterocycles. The number of thiazole rings is 1. The lowest BCUT2D eigenvalue weighted by Gasteiger charge is -2.10. The number of hydrogen-bond acceptors (Lipinski definition) is 7. The van der Waals surface area contributed by atoms with Crippen LogP contribution in [0.15, 0.2) is 40.6 Å². The molecule has 26 heavy (non-hydrogen) atoms. The Balaban J connectivity index is 1.56. The smallest absolute Gasteiger partial charge is 0.258 e. The van der Waals surface area contributed by atoms with Gasteiger partial charge in [0.15, 0.2) is 16.5 Å². The summed E-state index contributed by atoms with van der Waals surface area (Å²) >= 11 is 2.80. The Morgan fingerprint density at radius 3 is 2.85 bits per heavy atom. The first-order chi connectivity index (χ1) is 12.6. The molecule has 0 aliphatic carbocycles. The number of nitrogens with one attached hydrogen (secondary N) is 1. The summed E-state index contributed by atoms with van der Waals surface area (Å²) in [6.07, 6.45) is 1.70. The van der Waals surface area contributed by atoms with Gasteiger partial charge in [-0.3, -0.25) is 14.0 Å². The number of anilines is 1. The van der Waals surface area contributed by atoms with Crippen LogP contribution in [0.3, 0.4) is 0 Å². The number of thioether (sulfide) groups is 1. The van der Waals surface area contributed by atoms with E-state index in [2.05, 4.69) is 10.3 Å². The Kier molecular flexibility index (Phi) is 5.79. The molecule has 1 amide bonds. The van der Waals surface area contributed by atoms with Crippen molar-refractivity contribution >= 4 is 39.7 Å². The SMILES string of the molecule is COc1ccc(NC(=O)CSCc2cc(=O)n3ccsc3n2)cc1OC. The van der Waals surface area contributed by atoms with Crippen LogP contribution in [-0.2, 0) is 10.5 Å². The van der Waals surface area contributed by atoms with Crippen molar-refractivity contribution in [3.05, 3.63) is 51.9 Å². The van der Waals surface area contributed by atoms with E-state index in [1.165, 1.54) is 33.6 Å². The van der Waals surface area contributed by atoms with Gasteiger partial charge in [-0.2, -0.15) is 0 Å². The van der Waals surface area contributed by atoms with Crippen LogP contribution in [0.5, 0.6) is 11.5 Å². The average molecular weight is 391 g/mol. The van der Waals surface area contributed by atoms with Gasteiger partial charge in [0.1, 0.15) is 0 Å². The number of amides is 1. The van der Waals surface area contributed by atoms with Crippen molar-refractivity contribution in [3.63, 3.8) is 0 Å². The van der Waals surface area contributed by atoms with Gasteiger partial charge in [0, 0.05) is 35.1 Å². The molecule has 0 unspecified atom stereocenters. The minimum atomic E-state index is -0.142. The maximum absolute atomic E-state index is 12.1. The second-order valence-corrected chi connectivity index (χ2v) is 7.11. The molecule has 3 rings (SSSR count). The quantitative estimate of drug-likeness (QED) is 0.667. The average Bonchev–Trinajstić information content (AvgIpc) is 3.10. The van der Waals surface area contributed by atoms with Crippen LogP contribution in [0.2, 0.25) is 0 Å². The monoisotopic (exact) mass is 391 g/mol. The molecule has 2 aromatic heterocycles. The van der Waals surface area contributed by atoms with Gasteiger partial charge in [0.2, 0.25) is 5.91 Å². The molecule has 0 aliphatic rings. The number of carbonyl (C=O) groups excluding carboxylic acids is 1. The van der Waals surface area contributed by atoms with E-state index in [1.807, 2.05) is 5.38 Å². The molecule has 0 aliphatic heterocycles. The number of aromatic nitrogens is 2. The van der Waals surface area contributed by atoms with Gasteiger partial charge in [-0.25, -0.2) is 4.98 Å². The zero-order valence-electron chi connectivity index (χ0n) is 14.2. The molecule has 136 valence electrons. The third-order valence-electron chi connectivity index (χ3n) is 3.51. The van der Waals surface area contributed by atoms with Crippen LogP contribution in [0.4, 0.5) is 5.69 Å². The normalized spacial score (nSPS) is 10.7. The lowest BCUT2D eigenvalue weighted by atomic mass is 10.2. The highest BCUT2D eigenvalue weighted by Gasteiger charge is 2.09. The number of rotatable bonds is 7. The summed E-state index contributed by atoms with van der Waals surface area (Å²) in [6, 6.07) is 6.68. The topological polar surface area (TPSA) is 81.9 Å². The van der Waals surface area contributed by atoms with Gasteiger partial charge in [-0.05, 0) is 12.1 Å². The van der Waals surface area contributed by atoms with Gasteiger partial charge in [-0.1, -0.05) is 0 Å². The highest BCUT2D eigenvalue weighted by Crippen LogP contribution is 2.29. The van der Waals surface area contributed by atoms with E-state index in [0.717, 1.165) is 0 Å². The zero-order valence-corrected chi connectivity index (χ0v) is 15.9. The molecule has 7 nitrogen and oxygen atoms in total. The van der Waals surface area contributed by atoms with Crippen LogP contribution in [0.25, 0.3) is 4.96 Å². The van der Waals surface area contributed by atoms with E-state index in [-0.39, 0.29) is 17.2 Å². The molecule has 1 N–H and O–H groups in total. The molecule has 0 bridgehead atoms. The molecule has 0 saturated carbocycles. The highest BCUT2D eigenvalue weighted by atomic mass is 32.2. The van der Waals surface area contributed by atoms with Gasteiger partial charge < -0.3 is 14.8 Å². The van der Waals surface area contributed by atoms with Gasteiger partial charge in [-0.15, -0.1) is 23.1 Å². The number of hydrogen-bond donors (Lipinski definition) is 1. The Morgan fingerprint density at radius 2 is 2.08 bits per heavy atom. The summed E-state index contributed by atoms with van der Waals surface area (Å²) in [5.74, 6) is 1.74. The molecular formula is C17H17N3O4S2. The molecule has 0 radical (unpaired) electrons.